The molecule has 0 radical (unpaired) electrons. The van der Waals surface area contributed by atoms with Crippen LogP contribution in [0.15, 0.2) is 0 Å². The highest BCUT2D eigenvalue weighted by Crippen LogP contribution is 2.05. The minimum Gasteiger partial charge on any atom is -0.293 e. The van der Waals surface area contributed by atoms with E-state index in [0.717, 1.165) is 19.3 Å². The lowest BCUT2D eigenvalue weighted by atomic mass is 10.2. The Bertz CT molecular complexity index is 108. The van der Waals surface area contributed by atoms with Crippen molar-refractivity contribution in [2.45, 2.75) is 31.4 Å². The Morgan fingerprint density at radius 1 is 1.80 bits per heavy atom. The van der Waals surface area contributed by atoms with Gasteiger partial charge in [0, 0.05) is 0 Å². The molecule has 0 saturated carbocycles. The summed E-state index contributed by atoms with van der Waals surface area (Å²) in [5.74, 6) is 4.70. The standard InChI is InChI=1S/C6H14N2OS/c1-2-3-4-5(10)6(9)8-7/h5,10H,2-4,7H2,1H3,(H,8,9). The zero-order valence-corrected chi connectivity index (χ0v) is 7.03. The highest BCUT2D eigenvalue weighted by molar-refractivity contribution is 7.81. The number of thiol groups is 1. The SMILES string of the molecule is CCCCC(S)C(=O)NN. The lowest BCUT2D eigenvalue weighted by Crippen LogP contribution is -2.36. The van der Waals surface area contributed by atoms with Crippen LogP contribution in [0.2, 0.25) is 0 Å². The summed E-state index contributed by atoms with van der Waals surface area (Å²) in [5, 5.41) is -0.245. The molecule has 0 heterocycles. The molecule has 1 unspecified atom stereocenters. The molecular formula is C6H14N2OS. The Labute approximate surface area is 66.7 Å². The number of nitrogens with one attached hydrogen (secondary N) is 1. The summed E-state index contributed by atoms with van der Waals surface area (Å²) >= 11 is 4.05. The van der Waals surface area contributed by atoms with Gasteiger partial charge in [-0.25, -0.2) is 5.84 Å². The molecule has 0 bridgehead atoms. The highest BCUT2D eigenvalue weighted by Gasteiger charge is 2.10. The third kappa shape index (κ3) is 3.74. The van der Waals surface area contributed by atoms with E-state index >= 15 is 0 Å². The van der Waals surface area contributed by atoms with Gasteiger partial charge in [0.25, 0.3) is 0 Å². The molecule has 0 aromatic heterocycles. The second kappa shape index (κ2) is 5.56. The van der Waals surface area contributed by atoms with Gasteiger partial charge < -0.3 is 0 Å². The van der Waals surface area contributed by atoms with Crippen LogP contribution in [0.3, 0.4) is 0 Å². The van der Waals surface area contributed by atoms with E-state index in [1.165, 1.54) is 0 Å². The molecule has 0 aliphatic heterocycles. The van der Waals surface area contributed by atoms with E-state index < -0.39 is 0 Å². The maximum absolute atomic E-state index is 10.7. The molecule has 0 aliphatic carbocycles. The predicted octanol–water partition coefficient (Wildman–Crippen LogP) is 0.465. The lowest BCUT2D eigenvalue weighted by Gasteiger charge is -2.06. The fourth-order valence-electron chi connectivity index (χ4n) is 0.625. The molecule has 3 nitrogen and oxygen atoms in total. The molecule has 0 fully saturated rings. The predicted molar refractivity (Wildman–Crippen MR) is 44.6 cm³/mol. The van der Waals surface area contributed by atoms with Crippen LogP contribution in [0.4, 0.5) is 0 Å². The van der Waals surface area contributed by atoms with Gasteiger partial charge in [0.2, 0.25) is 5.91 Å². The summed E-state index contributed by atoms with van der Waals surface area (Å²) < 4.78 is 0. The van der Waals surface area contributed by atoms with Crippen LogP contribution in [0.1, 0.15) is 26.2 Å². The fourth-order valence-corrected chi connectivity index (χ4v) is 0.882. The molecule has 0 spiro atoms. The minimum absolute atomic E-state index is 0.197. The minimum atomic E-state index is -0.245. The number of amides is 1. The molecule has 1 atom stereocenters. The molecule has 0 aromatic carbocycles. The van der Waals surface area contributed by atoms with Gasteiger partial charge in [-0.2, -0.15) is 12.6 Å². The molecule has 1 amide bonds. The Hall–Kier alpha value is -0.220. The Kier molecular flexibility index (Phi) is 5.43. The molecule has 0 saturated heterocycles. The second-order valence-corrected chi connectivity index (χ2v) is 2.79. The van der Waals surface area contributed by atoms with E-state index in [1.54, 1.807) is 0 Å². The van der Waals surface area contributed by atoms with Gasteiger partial charge in [-0.05, 0) is 6.42 Å². The van der Waals surface area contributed by atoms with Crippen LogP contribution in [-0.2, 0) is 4.79 Å². The van der Waals surface area contributed by atoms with E-state index in [-0.39, 0.29) is 11.2 Å². The molecule has 3 N–H and O–H groups in total. The average Bonchev–Trinajstić information content (AvgIpc) is 1.98. The molecule has 0 aromatic rings. The third-order valence-corrected chi connectivity index (χ3v) is 1.77. The number of hydrogen-bond acceptors (Lipinski definition) is 3. The van der Waals surface area contributed by atoms with E-state index in [9.17, 15) is 4.79 Å². The Balaban J connectivity index is 3.41. The summed E-state index contributed by atoms with van der Waals surface area (Å²) in [4.78, 5) is 10.7. The molecule has 0 rings (SSSR count). The first-order valence-corrected chi connectivity index (χ1v) is 3.92. The number of carbonyl (C=O) groups is 1. The summed E-state index contributed by atoms with van der Waals surface area (Å²) in [7, 11) is 0. The Morgan fingerprint density at radius 3 is 2.80 bits per heavy atom. The number of rotatable bonds is 4. The van der Waals surface area contributed by atoms with Crippen molar-refractivity contribution < 1.29 is 4.79 Å². The Morgan fingerprint density at radius 2 is 2.40 bits per heavy atom. The first-order valence-electron chi connectivity index (χ1n) is 3.41. The van der Waals surface area contributed by atoms with Crippen molar-refractivity contribution in [3.05, 3.63) is 0 Å². The van der Waals surface area contributed by atoms with Crippen LogP contribution in [-0.4, -0.2) is 11.2 Å². The largest absolute Gasteiger partial charge is 0.293 e. The number of carbonyl (C=O) groups excluding carboxylic acids is 1. The maximum Gasteiger partial charge on any atom is 0.246 e. The third-order valence-electron chi connectivity index (χ3n) is 1.28. The average molecular weight is 162 g/mol. The van der Waals surface area contributed by atoms with Crippen molar-refractivity contribution in [3.63, 3.8) is 0 Å². The zero-order valence-electron chi connectivity index (χ0n) is 6.13. The topological polar surface area (TPSA) is 55.1 Å². The number of hydrogen-bond donors (Lipinski definition) is 3. The monoisotopic (exact) mass is 162 g/mol. The van der Waals surface area contributed by atoms with Gasteiger partial charge >= 0.3 is 0 Å². The molecule has 60 valence electrons. The first-order chi connectivity index (χ1) is 4.72. The van der Waals surface area contributed by atoms with Crippen LogP contribution in [0, 0.1) is 0 Å². The number of hydrazine groups is 1. The quantitative estimate of drug-likeness (QED) is 0.243. The van der Waals surface area contributed by atoms with Crippen LogP contribution in [0.5, 0.6) is 0 Å². The first kappa shape index (κ1) is 9.78. The number of nitrogens with two attached hydrogens (primary N) is 1. The molecule has 0 aliphatic rings. The van der Waals surface area contributed by atoms with Crippen LogP contribution in [0.25, 0.3) is 0 Å². The van der Waals surface area contributed by atoms with E-state index in [1.807, 2.05) is 0 Å². The smallest absolute Gasteiger partial charge is 0.246 e. The van der Waals surface area contributed by atoms with Gasteiger partial charge in [-0.3, -0.25) is 10.2 Å². The summed E-state index contributed by atoms with van der Waals surface area (Å²) in [6.07, 6.45) is 2.89. The molecular weight excluding hydrogens is 148 g/mol. The zero-order chi connectivity index (χ0) is 7.98. The maximum atomic E-state index is 10.7. The van der Waals surface area contributed by atoms with Crippen molar-refractivity contribution in [3.8, 4) is 0 Å². The van der Waals surface area contributed by atoms with Gasteiger partial charge in [-0.1, -0.05) is 19.8 Å². The van der Waals surface area contributed by atoms with E-state index in [4.69, 9.17) is 5.84 Å². The van der Waals surface area contributed by atoms with Gasteiger partial charge in [0.1, 0.15) is 0 Å². The summed E-state index contributed by atoms with van der Waals surface area (Å²) in [6, 6.07) is 0. The van der Waals surface area contributed by atoms with Crippen molar-refractivity contribution in [2.75, 3.05) is 0 Å². The van der Waals surface area contributed by atoms with Crippen molar-refractivity contribution in [1.82, 2.24) is 5.43 Å². The molecule has 10 heavy (non-hydrogen) atoms. The van der Waals surface area contributed by atoms with Gasteiger partial charge in [0.15, 0.2) is 0 Å². The van der Waals surface area contributed by atoms with Crippen molar-refractivity contribution >= 4 is 18.5 Å². The summed E-state index contributed by atoms with van der Waals surface area (Å²) in [6.45, 7) is 2.07. The van der Waals surface area contributed by atoms with Crippen LogP contribution >= 0.6 is 12.6 Å². The van der Waals surface area contributed by atoms with E-state index in [2.05, 4.69) is 25.0 Å². The normalized spacial score (nSPS) is 12.7. The lowest BCUT2D eigenvalue weighted by molar-refractivity contribution is -0.120. The van der Waals surface area contributed by atoms with Crippen molar-refractivity contribution in [2.24, 2.45) is 5.84 Å². The highest BCUT2D eigenvalue weighted by atomic mass is 32.1. The van der Waals surface area contributed by atoms with E-state index in [0.29, 0.717) is 0 Å². The van der Waals surface area contributed by atoms with Gasteiger partial charge in [0.05, 0.1) is 5.25 Å². The summed E-state index contributed by atoms with van der Waals surface area (Å²) in [5.41, 5.74) is 2.06. The second-order valence-electron chi connectivity index (χ2n) is 2.17. The number of unbranched alkanes of at least 4 members (excludes halogenated alkanes) is 1. The van der Waals surface area contributed by atoms with Crippen LogP contribution < -0.4 is 11.3 Å². The van der Waals surface area contributed by atoms with Crippen molar-refractivity contribution in [1.29, 1.82) is 0 Å². The molecule has 4 heteroatoms. The fraction of sp³-hybridized carbons (Fsp3) is 0.833. The van der Waals surface area contributed by atoms with Gasteiger partial charge in [-0.15, -0.1) is 0 Å².